The molecule has 0 aliphatic rings. The molecular formula is C29H32N2O6. The molecule has 0 aromatic heterocycles. The Hall–Kier alpha value is -4.33. The van der Waals surface area contributed by atoms with Crippen molar-refractivity contribution >= 4 is 18.1 Å². The molecule has 0 saturated heterocycles. The van der Waals surface area contributed by atoms with E-state index in [1.807, 2.05) is 6.92 Å². The number of benzene rings is 3. The van der Waals surface area contributed by atoms with Gasteiger partial charge in [-0.15, -0.1) is 0 Å². The molecule has 0 bridgehead atoms. The largest absolute Gasteiger partial charge is 0.494 e. The molecule has 3 aromatic rings. The maximum absolute atomic E-state index is 12.6. The predicted octanol–water partition coefficient (Wildman–Crippen LogP) is 5.65. The minimum Gasteiger partial charge on any atom is -0.494 e. The van der Waals surface area contributed by atoms with Crippen molar-refractivity contribution in [2.24, 2.45) is 5.10 Å². The lowest BCUT2D eigenvalue weighted by atomic mass is 10.2. The van der Waals surface area contributed by atoms with Crippen molar-refractivity contribution in [3.05, 3.63) is 83.4 Å². The quantitative estimate of drug-likeness (QED) is 0.106. The topological polar surface area (TPSA) is 95.5 Å². The van der Waals surface area contributed by atoms with Crippen molar-refractivity contribution in [2.75, 3.05) is 20.3 Å². The molecule has 0 heterocycles. The SMILES string of the molecule is CCCCOc1ccc(C(=O)N/N=C\c2ccc(OC(=O)c3ccc(OCCC)cc3)c(OC)c2)cc1. The van der Waals surface area contributed by atoms with E-state index in [-0.39, 0.29) is 11.7 Å². The molecule has 0 aliphatic heterocycles. The fraction of sp³-hybridized carbons (Fsp3) is 0.276. The number of carbonyl (C=O) groups is 2. The summed E-state index contributed by atoms with van der Waals surface area (Å²) in [5.74, 6) is 1.17. The smallest absolute Gasteiger partial charge is 0.343 e. The average Bonchev–Trinajstić information content (AvgIpc) is 2.93. The number of unbranched alkanes of at least 4 members (excludes halogenated alkanes) is 1. The van der Waals surface area contributed by atoms with Gasteiger partial charge in [0.1, 0.15) is 11.5 Å². The van der Waals surface area contributed by atoms with Crippen LogP contribution in [0.3, 0.4) is 0 Å². The van der Waals surface area contributed by atoms with Gasteiger partial charge < -0.3 is 18.9 Å². The highest BCUT2D eigenvalue weighted by molar-refractivity contribution is 5.95. The van der Waals surface area contributed by atoms with E-state index in [0.29, 0.717) is 41.4 Å². The molecule has 1 amide bonds. The molecule has 0 saturated carbocycles. The van der Waals surface area contributed by atoms with Crippen LogP contribution in [-0.4, -0.2) is 38.4 Å². The summed E-state index contributed by atoms with van der Waals surface area (Å²) in [5.41, 5.74) is 3.99. The molecule has 8 heteroatoms. The Morgan fingerprint density at radius 3 is 2.08 bits per heavy atom. The van der Waals surface area contributed by atoms with Crippen molar-refractivity contribution in [3.8, 4) is 23.0 Å². The van der Waals surface area contributed by atoms with Crippen LogP contribution in [0.25, 0.3) is 0 Å². The van der Waals surface area contributed by atoms with Crippen LogP contribution >= 0.6 is 0 Å². The maximum atomic E-state index is 12.6. The van der Waals surface area contributed by atoms with E-state index in [9.17, 15) is 9.59 Å². The van der Waals surface area contributed by atoms with Gasteiger partial charge in [-0.1, -0.05) is 20.3 Å². The number of hydrazone groups is 1. The zero-order valence-electron chi connectivity index (χ0n) is 21.4. The minimum absolute atomic E-state index is 0.265. The van der Waals surface area contributed by atoms with Gasteiger partial charge >= 0.3 is 5.97 Å². The first-order valence-electron chi connectivity index (χ1n) is 12.2. The van der Waals surface area contributed by atoms with Crippen LogP contribution in [0.2, 0.25) is 0 Å². The lowest BCUT2D eigenvalue weighted by molar-refractivity contribution is 0.0729. The van der Waals surface area contributed by atoms with Gasteiger partial charge in [-0.3, -0.25) is 4.79 Å². The highest BCUT2D eigenvalue weighted by Crippen LogP contribution is 2.28. The van der Waals surface area contributed by atoms with Gasteiger partial charge in [0.05, 0.1) is 32.1 Å². The third kappa shape index (κ3) is 8.38. The summed E-state index contributed by atoms with van der Waals surface area (Å²) in [5, 5.41) is 4.01. The van der Waals surface area contributed by atoms with E-state index in [4.69, 9.17) is 18.9 Å². The second kappa shape index (κ2) is 14.3. The molecule has 3 rings (SSSR count). The third-order valence-corrected chi connectivity index (χ3v) is 5.22. The molecule has 37 heavy (non-hydrogen) atoms. The van der Waals surface area contributed by atoms with Crippen LogP contribution < -0.4 is 24.4 Å². The number of esters is 1. The van der Waals surface area contributed by atoms with Crippen LogP contribution in [0.1, 0.15) is 59.4 Å². The van der Waals surface area contributed by atoms with Crippen LogP contribution in [0.15, 0.2) is 71.8 Å². The molecule has 0 aliphatic carbocycles. The number of carbonyl (C=O) groups excluding carboxylic acids is 2. The fourth-order valence-electron chi connectivity index (χ4n) is 3.18. The van der Waals surface area contributed by atoms with E-state index in [1.54, 1.807) is 66.7 Å². The zero-order chi connectivity index (χ0) is 26.5. The highest BCUT2D eigenvalue weighted by Gasteiger charge is 2.13. The Labute approximate surface area is 217 Å². The van der Waals surface area contributed by atoms with E-state index < -0.39 is 5.97 Å². The highest BCUT2D eigenvalue weighted by atomic mass is 16.6. The molecule has 0 spiro atoms. The van der Waals surface area contributed by atoms with Crippen LogP contribution in [0, 0.1) is 0 Å². The minimum atomic E-state index is -0.518. The molecule has 3 aromatic carbocycles. The first kappa shape index (κ1) is 27.3. The molecule has 0 radical (unpaired) electrons. The number of amides is 1. The third-order valence-electron chi connectivity index (χ3n) is 5.22. The van der Waals surface area contributed by atoms with Gasteiger partial charge in [0.25, 0.3) is 5.91 Å². The zero-order valence-corrected chi connectivity index (χ0v) is 21.4. The first-order chi connectivity index (χ1) is 18.0. The molecule has 0 fully saturated rings. The summed E-state index contributed by atoms with van der Waals surface area (Å²) in [7, 11) is 1.48. The Balaban J connectivity index is 1.57. The number of hydrogen-bond acceptors (Lipinski definition) is 7. The Kier molecular flexibility index (Phi) is 10.5. The van der Waals surface area contributed by atoms with E-state index >= 15 is 0 Å². The summed E-state index contributed by atoms with van der Waals surface area (Å²) in [6.07, 6.45) is 4.42. The van der Waals surface area contributed by atoms with Crippen molar-refractivity contribution in [2.45, 2.75) is 33.1 Å². The van der Waals surface area contributed by atoms with Crippen LogP contribution in [-0.2, 0) is 0 Å². The van der Waals surface area contributed by atoms with Gasteiger partial charge in [-0.05, 0) is 85.1 Å². The lowest BCUT2D eigenvalue weighted by Crippen LogP contribution is -2.17. The molecule has 0 atom stereocenters. The van der Waals surface area contributed by atoms with Crippen LogP contribution in [0.4, 0.5) is 0 Å². The molecule has 8 nitrogen and oxygen atoms in total. The normalized spacial score (nSPS) is 10.7. The van der Waals surface area contributed by atoms with Gasteiger partial charge in [0.15, 0.2) is 11.5 Å². The van der Waals surface area contributed by atoms with E-state index in [0.717, 1.165) is 25.0 Å². The van der Waals surface area contributed by atoms with E-state index in [1.165, 1.54) is 13.3 Å². The molecular weight excluding hydrogens is 472 g/mol. The van der Waals surface area contributed by atoms with Crippen molar-refractivity contribution in [1.29, 1.82) is 0 Å². The molecule has 194 valence electrons. The summed E-state index contributed by atoms with van der Waals surface area (Å²) < 4.78 is 22.0. The molecule has 1 N–H and O–H groups in total. The monoisotopic (exact) mass is 504 g/mol. The average molecular weight is 505 g/mol. The lowest BCUT2D eigenvalue weighted by Gasteiger charge is -2.10. The van der Waals surface area contributed by atoms with Gasteiger partial charge in [-0.2, -0.15) is 5.10 Å². The Bertz CT molecular complexity index is 1190. The maximum Gasteiger partial charge on any atom is 0.343 e. The fourth-order valence-corrected chi connectivity index (χ4v) is 3.18. The summed E-state index contributed by atoms with van der Waals surface area (Å²) in [4.78, 5) is 24.9. The van der Waals surface area contributed by atoms with Gasteiger partial charge in [-0.25, -0.2) is 10.2 Å². The molecule has 0 unspecified atom stereocenters. The first-order valence-corrected chi connectivity index (χ1v) is 12.2. The van der Waals surface area contributed by atoms with Gasteiger partial charge in [0, 0.05) is 5.56 Å². The van der Waals surface area contributed by atoms with Crippen molar-refractivity contribution < 1.29 is 28.5 Å². The number of methoxy groups -OCH3 is 1. The number of hydrogen-bond donors (Lipinski definition) is 1. The summed E-state index contributed by atoms with van der Waals surface area (Å²) in [6, 6.07) is 18.6. The number of nitrogens with one attached hydrogen (secondary N) is 1. The van der Waals surface area contributed by atoms with Crippen molar-refractivity contribution in [3.63, 3.8) is 0 Å². The second-order valence-electron chi connectivity index (χ2n) is 8.10. The Morgan fingerprint density at radius 2 is 1.46 bits per heavy atom. The van der Waals surface area contributed by atoms with Crippen LogP contribution in [0.5, 0.6) is 23.0 Å². The standard InChI is InChI=1S/C29H32N2O6/c1-4-6-18-36-25-12-8-22(9-13-25)28(32)31-30-20-21-7-16-26(27(19-21)34-3)37-29(33)23-10-14-24(15-11-23)35-17-5-2/h7-16,19-20H,4-6,17-18H2,1-3H3,(H,31,32)/b30-20-. The summed E-state index contributed by atoms with van der Waals surface area (Å²) >= 11 is 0. The number of nitrogens with zero attached hydrogens (tertiary/aromatic N) is 1. The van der Waals surface area contributed by atoms with E-state index in [2.05, 4.69) is 17.5 Å². The van der Waals surface area contributed by atoms with Gasteiger partial charge in [0.2, 0.25) is 0 Å². The van der Waals surface area contributed by atoms with Crippen molar-refractivity contribution in [1.82, 2.24) is 5.43 Å². The predicted molar refractivity (Wildman–Crippen MR) is 142 cm³/mol. The number of rotatable bonds is 13. The number of ether oxygens (including phenoxy) is 4. The Morgan fingerprint density at radius 1 is 0.811 bits per heavy atom. The summed E-state index contributed by atoms with van der Waals surface area (Å²) in [6.45, 7) is 5.39. The second-order valence-corrected chi connectivity index (χ2v) is 8.10.